The third kappa shape index (κ3) is 1.82. The highest BCUT2D eigenvalue weighted by molar-refractivity contribution is 5.48. The van der Waals surface area contributed by atoms with Crippen LogP contribution in [-0.2, 0) is 0 Å². The van der Waals surface area contributed by atoms with Crippen molar-refractivity contribution in [2.75, 3.05) is 12.3 Å². The van der Waals surface area contributed by atoms with Crippen molar-refractivity contribution in [3.63, 3.8) is 0 Å². The summed E-state index contributed by atoms with van der Waals surface area (Å²) < 4.78 is 0. The van der Waals surface area contributed by atoms with Crippen LogP contribution >= 0.6 is 0 Å². The summed E-state index contributed by atoms with van der Waals surface area (Å²) in [4.78, 5) is 0. The minimum absolute atomic E-state index is 0.296. The molecule has 0 bridgehead atoms. The van der Waals surface area contributed by atoms with Gasteiger partial charge < -0.3 is 16.2 Å². The number of rotatable bonds is 1. The predicted molar refractivity (Wildman–Crippen MR) is 57.1 cm³/mol. The Hall–Kier alpha value is -1.22. The van der Waals surface area contributed by atoms with Crippen molar-refractivity contribution in [1.82, 2.24) is 5.32 Å². The quantitative estimate of drug-likeness (QED) is 0.594. The van der Waals surface area contributed by atoms with Gasteiger partial charge in [-0.05, 0) is 25.5 Å². The van der Waals surface area contributed by atoms with Crippen LogP contribution < -0.4 is 11.1 Å². The normalized spacial score (nSPS) is 22.1. The zero-order valence-electron chi connectivity index (χ0n) is 8.16. The number of nitrogens with one attached hydrogen (secondary N) is 1. The fraction of sp³-hybridized carbons (Fsp3) is 0.455. The molecule has 1 heterocycles. The van der Waals surface area contributed by atoms with Gasteiger partial charge in [0.15, 0.2) is 0 Å². The van der Waals surface area contributed by atoms with Crippen LogP contribution in [0.1, 0.15) is 30.9 Å². The Balaban J connectivity index is 2.22. The topological polar surface area (TPSA) is 58.3 Å². The zero-order chi connectivity index (χ0) is 9.97. The lowest BCUT2D eigenvalue weighted by Crippen LogP contribution is -2.26. The Morgan fingerprint density at radius 2 is 2.21 bits per heavy atom. The van der Waals surface area contributed by atoms with Gasteiger partial charge >= 0.3 is 0 Å². The SMILES string of the molecule is Nc1ccc(C2CCCCN2)c(O)c1. The average molecular weight is 192 g/mol. The maximum absolute atomic E-state index is 9.72. The molecule has 0 radical (unpaired) electrons. The van der Waals surface area contributed by atoms with E-state index in [4.69, 9.17) is 5.73 Å². The monoisotopic (exact) mass is 192 g/mol. The standard InChI is InChI=1S/C11H16N2O/c12-8-4-5-9(11(14)7-8)10-3-1-2-6-13-10/h4-5,7,10,13-14H,1-3,6,12H2. The molecule has 1 saturated heterocycles. The van der Waals surface area contributed by atoms with E-state index in [-0.39, 0.29) is 0 Å². The molecule has 76 valence electrons. The van der Waals surface area contributed by atoms with Crippen LogP contribution in [0.3, 0.4) is 0 Å². The van der Waals surface area contributed by atoms with Crippen molar-refractivity contribution in [3.8, 4) is 5.75 Å². The van der Waals surface area contributed by atoms with Crippen LogP contribution in [0.5, 0.6) is 5.75 Å². The lowest BCUT2D eigenvalue weighted by molar-refractivity contribution is 0.391. The summed E-state index contributed by atoms with van der Waals surface area (Å²) in [5.74, 6) is 0.310. The third-order valence-electron chi connectivity index (χ3n) is 2.74. The van der Waals surface area contributed by atoms with Crippen molar-refractivity contribution < 1.29 is 5.11 Å². The lowest BCUT2D eigenvalue weighted by Gasteiger charge is -2.24. The van der Waals surface area contributed by atoms with Crippen molar-refractivity contribution in [2.45, 2.75) is 25.3 Å². The Labute approximate surface area is 83.9 Å². The highest BCUT2D eigenvalue weighted by atomic mass is 16.3. The number of hydrogen-bond donors (Lipinski definition) is 3. The fourth-order valence-corrected chi connectivity index (χ4v) is 1.97. The molecule has 1 aromatic carbocycles. The number of hydrogen-bond acceptors (Lipinski definition) is 3. The molecule has 0 saturated carbocycles. The maximum atomic E-state index is 9.72. The van der Waals surface area contributed by atoms with Crippen LogP contribution in [-0.4, -0.2) is 11.7 Å². The molecule has 3 nitrogen and oxygen atoms in total. The lowest BCUT2D eigenvalue weighted by atomic mass is 9.96. The summed E-state index contributed by atoms with van der Waals surface area (Å²) in [6.07, 6.45) is 3.55. The van der Waals surface area contributed by atoms with E-state index in [0.717, 1.165) is 18.5 Å². The number of anilines is 1. The number of phenols is 1. The van der Waals surface area contributed by atoms with Gasteiger partial charge in [-0.1, -0.05) is 12.5 Å². The van der Waals surface area contributed by atoms with E-state index >= 15 is 0 Å². The van der Waals surface area contributed by atoms with Crippen molar-refractivity contribution in [3.05, 3.63) is 23.8 Å². The highest BCUT2D eigenvalue weighted by Gasteiger charge is 2.17. The van der Waals surface area contributed by atoms with Gasteiger partial charge in [-0.3, -0.25) is 0 Å². The van der Waals surface area contributed by atoms with Gasteiger partial charge in [-0.2, -0.15) is 0 Å². The fourth-order valence-electron chi connectivity index (χ4n) is 1.97. The Morgan fingerprint density at radius 3 is 2.86 bits per heavy atom. The molecule has 1 fully saturated rings. The Bertz CT molecular complexity index is 319. The number of benzene rings is 1. The molecule has 1 aromatic rings. The van der Waals surface area contributed by atoms with Crippen LogP contribution in [0.25, 0.3) is 0 Å². The van der Waals surface area contributed by atoms with E-state index in [1.807, 2.05) is 12.1 Å². The molecular formula is C11H16N2O. The molecule has 4 N–H and O–H groups in total. The van der Waals surface area contributed by atoms with E-state index < -0.39 is 0 Å². The number of piperidine rings is 1. The molecule has 0 aliphatic carbocycles. The summed E-state index contributed by atoms with van der Waals surface area (Å²) in [5, 5.41) is 13.1. The number of phenolic OH excluding ortho intramolecular Hbond substituents is 1. The summed E-state index contributed by atoms with van der Waals surface area (Å²) in [6.45, 7) is 1.04. The highest BCUT2D eigenvalue weighted by Crippen LogP contribution is 2.30. The van der Waals surface area contributed by atoms with Crippen molar-refractivity contribution >= 4 is 5.69 Å². The summed E-state index contributed by atoms with van der Waals surface area (Å²) >= 11 is 0. The molecule has 1 aliphatic rings. The first-order chi connectivity index (χ1) is 6.77. The Kier molecular flexibility index (Phi) is 2.59. The van der Waals surface area contributed by atoms with E-state index in [0.29, 0.717) is 17.5 Å². The number of nitrogens with two attached hydrogens (primary N) is 1. The molecule has 1 unspecified atom stereocenters. The van der Waals surface area contributed by atoms with Gasteiger partial charge in [0.2, 0.25) is 0 Å². The molecule has 1 atom stereocenters. The van der Waals surface area contributed by atoms with E-state index in [1.54, 1.807) is 6.07 Å². The molecular weight excluding hydrogens is 176 g/mol. The molecule has 3 heteroatoms. The van der Waals surface area contributed by atoms with E-state index in [2.05, 4.69) is 5.32 Å². The van der Waals surface area contributed by atoms with Crippen molar-refractivity contribution in [1.29, 1.82) is 0 Å². The summed E-state index contributed by atoms with van der Waals surface area (Å²) in [7, 11) is 0. The molecule has 14 heavy (non-hydrogen) atoms. The van der Waals surface area contributed by atoms with Gasteiger partial charge in [0.25, 0.3) is 0 Å². The Morgan fingerprint density at radius 1 is 1.36 bits per heavy atom. The minimum atomic E-state index is 0.296. The first-order valence-electron chi connectivity index (χ1n) is 5.09. The van der Waals surface area contributed by atoms with Crippen LogP contribution in [0.4, 0.5) is 5.69 Å². The van der Waals surface area contributed by atoms with Gasteiger partial charge in [-0.25, -0.2) is 0 Å². The molecule has 0 aromatic heterocycles. The average Bonchev–Trinajstić information content (AvgIpc) is 2.19. The third-order valence-corrected chi connectivity index (χ3v) is 2.74. The molecule has 0 amide bonds. The first-order valence-corrected chi connectivity index (χ1v) is 5.09. The predicted octanol–water partition coefficient (Wildman–Crippen LogP) is 1.79. The van der Waals surface area contributed by atoms with Crippen LogP contribution in [0, 0.1) is 0 Å². The van der Waals surface area contributed by atoms with E-state index in [9.17, 15) is 5.11 Å². The molecule has 0 spiro atoms. The van der Waals surface area contributed by atoms with E-state index in [1.165, 1.54) is 12.8 Å². The minimum Gasteiger partial charge on any atom is -0.508 e. The number of nitrogen functional groups attached to an aromatic ring is 1. The first kappa shape index (κ1) is 9.34. The molecule has 2 rings (SSSR count). The maximum Gasteiger partial charge on any atom is 0.122 e. The van der Waals surface area contributed by atoms with Crippen molar-refractivity contribution in [2.24, 2.45) is 0 Å². The van der Waals surface area contributed by atoms with Gasteiger partial charge in [-0.15, -0.1) is 0 Å². The second-order valence-corrected chi connectivity index (χ2v) is 3.82. The van der Waals surface area contributed by atoms with Crippen LogP contribution in [0.15, 0.2) is 18.2 Å². The van der Waals surface area contributed by atoms with Gasteiger partial charge in [0.05, 0.1) is 0 Å². The molecule has 1 aliphatic heterocycles. The number of aromatic hydroxyl groups is 1. The largest absolute Gasteiger partial charge is 0.508 e. The summed E-state index contributed by atoms with van der Waals surface area (Å²) in [6, 6.07) is 5.66. The van der Waals surface area contributed by atoms with Crippen LogP contribution in [0.2, 0.25) is 0 Å². The smallest absolute Gasteiger partial charge is 0.122 e. The second kappa shape index (κ2) is 3.88. The summed E-state index contributed by atoms with van der Waals surface area (Å²) in [5.41, 5.74) is 7.16. The second-order valence-electron chi connectivity index (χ2n) is 3.82. The van der Waals surface area contributed by atoms with Gasteiger partial charge in [0, 0.05) is 23.4 Å². The van der Waals surface area contributed by atoms with Gasteiger partial charge in [0.1, 0.15) is 5.75 Å². The zero-order valence-corrected chi connectivity index (χ0v) is 8.16.